The van der Waals surface area contributed by atoms with Crippen LogP contribution in [-0.4, -0.2) is 96.2 Å². The van der Waals surface area contributed by atoms with Gasteiger partial charge >= 0.3 is 5.97 Å². The van der Waals surface area contributed by atoms with Gasteiger partial charge in [-0.2, -0.15) is 0 Å². The van der Waals surface area contributed by atoms with E-state index in [0.717, 1.165) is 18.4 Å². The minimum Gasteiger partial charge on any atom is -0.459 e. The molecule has 7 nitrogen and oxygen atoms in total. The fourth-order valence-electron chi connectivity index (χ4n) is 7.41. The normalized spacial score (nSPS) is 25.2. The van der Waals surface area contributed by atoms with E-state index in [2.05, 4.69) is 54.8 Å². The first-order valence-electron chi connectivity index (χ1n) is 16.4. The number of esters is 1. The van der Waals surface area contributed by atoms with E-state index in [4.69, 9.17) is 21.1 Å². The van der Waals surface area contributed by atoms with Crippen LogP contribution in [0.2, 0.25) is 5.02 Å². The van der Waals surface area contributed by atoms with Gasteiger partial charge in [0.2, 0.25) is 5.91 Å². The molecule has 0 spiro atoms. The fraction of sp³-hybridized carbons (Fsp3) is 0.611. The van der Waals surface area contributed by atoms with Crippen molar-refractivity contribution in [2.24, 2.45) is 5.92 Å². The number of carbonyl (C=O) groups is 2. The van der Waals surface area contributed by atoms with Crippen molar-refractivity contribution in [1.82, 2.24) is 14.7 Å². The molecule has 0 N–H and O–H groups in total. The molecule has 0 aromatic heterocycles. The first-order valence-corrected chi connectivity index (χ1v) is 16.8. The third-order valence-corrected chi connectivity index (χ3v) is 10.0. The summed E-state index contributed by atoms with van der Waals surface area (Å²) in [6, 6.07) is 12.8. The average Bonchev–Trinajstić information content (AvgIpc) is 3.42. The van der Waals surface area contributed by atoms with Crippen molar-refractivity contribution >= 4 is 23.5 Å². The Morgan fingerprint density at radius 2 is 1.71 bits per heavy atom. The Morgan fingerprint density at radius 1 is 1.02 bits per heavy atom. The molecule has 9 heteroatoms. The first kappa shape index (κ1) is 33.8. The quantitative estimate of drug-likeness (QED) is 0.344. The number of likely N-dealkylation sites (tertiary alicyclic amines) is 1. The SMILES string of the molecule is Cc1ccc(C(C)[C@@H](C(=O)OC(C)(C)C)N2CCN(C(=O)[C@@H]3CN(C4CCOCC4)C[C@H]3c3ccc(Cl)cc3F)[C@@H](C)C2)cc1. The third-order valence-electron chi connectivity index (χ3n) is 9.79. The highest BCUT2D eigenvalue weighted by molar-refractivity contribution is 6.30. The molecule has 5 rings (SSSR count). The lowest BCUT2D eigenvalue weighted by atomic mass is 9.86. The summed E-state index contributed by atoms with van der Waals surface area (Å²) >= 11 is 6.10. The Labute approximate surface area is 273 Å². The van der Waals surface area contributed by atoms with Crippen LogP contribution in [0.4, 0.5) is 4.39 Å². The number of halogens is 2. The summed E-state index contributed by atoms with van der Waals surface area (Å²) in [4.78, 5) is 34.6. The summed E-state index contributed by atoms with van der Waals surface area (Å²) in [6.07, 6.45) is 1.83. The van der Waals surface area contributed by atoms with Crippen LogP contribution >= 0.6 is 11.6 Å². The maximum absolute atomic E-state index is 15.3. The Bertz CT molecular complexity index is 1340. The van der Waals surface area contributed by atoms with Crippen molar-refractivity contribution in [2.45, 2.75) is 89.9 Å². The lowest BCUT2D eigenvalue weighted by molar-refractivity contribution is -0.164. The van der Waals surface area contributed by atoms with Crippen LogP contribution in [0.3, 0.4) is 0 Å². The van der Waals surface area contributed by atoms with Crippen molar-refractivity contribution in [2.75, 3.05) is 45.9 Å². The lowest BCUT2D eigenvalue weighted by Crippen LogP contribution is -2.60. The standard InChI is InChI=1S/C36H49ClFN3O4/c1-23-7-9-26(10-8-23)25(3)33(35(43)45-36(4,5)6)39-15-16-41(24(2)20-39)34(42)31-22-40(28-13-17-44-18-14-28)21-30(31)29-12-11-27(37)19-32(29)38/h7-12,19,24-25,28,30-31,33H,13-18,20-22H2,1-6H3/t24-,25?,30-,31+,33-/m0/s1. The summed E-state index contributed by atoms with van der Waals surface area (Å²) in [7, 11) is 0. The number of amides is 1. The molecule has 246 valence electrons. The number of nitrogens with zero attached hydrogens (tertiary/aromatic N) is 3. The van der Waals surface area contributed by atoms with Crippen LogP contribution < -0.4 is 0 Å². The number of rotatable bonds is 7. The van der Waals surface area contributed by atoms with Crippen LogP contribution in [0.1, 0.15) is 76.0 Å². The van der Waals surface area contributed by atoms with Gasteiger partial charge in [-0.25, -0.2) is 4.39 Å². The van der Waals surface area contributed by atoms with E-state index in [1.165, 1.54) is 11.6 Å². The second-order valence-electron chi connectivity index (χ2n) is 14.2. The first-order chi connectivity index (χ1) is 21.3. The van der Waals surface area contributed by atoms with E-state index in [0.29, 0.717) is 62.6 Å². The van der Waals surface area contributed by atoms with Gasteiger partial charge in [-0.15, -0.1) is 0 Å². The molecule has 0 radical (unpaired) electrons. The largest absolute Gasteiger partial charge is 0.459 e. The molecule has 3 heterocycles. The molecular weight excluding hydrogens is 593 g/mol. The number of carbonyl (C=O) groups excluding carboxylic acids is 2. The Balaban J connectivity index is 1.36. The predicted molar refractivity (Wildman–Crippen MR) is 175 cm³/mol. The third kappa shape index (κ3) is 7.90. The second kappa shape index (κ2) is 14.1. The summed E-state index contributed by atoms with van der Waals surface area (Å²) in [6.45, 7) is 16.1. The maximum Gasteiger partial charge on any atom is 0.324 e. The number of benzene rings is 2. The van der Waals surface area contributed by atoms with Gasteiger partial charge in [0.15, 0.2) is 0 Å². The molecule has 3 fully saturated rings. The van der Waals surface area contributed by atoms with Gasteiger partial charge in [0.05, 0.1) is 5.92 Å². The van der Waals surface area contributed by atoms with Crippen LogP contribution in [0.5, 0.6) is 0 Å². The molecule has 3 saturated heterocycles. The zero-order valence-corrected chi connectivity index (χ0v) is 28.4. The van der Waals surface area contributed by atoms with E-state index >= 15 is 4.39 Å². The van der Waals surface area contributed by atoms with Crippen molar-refractivity contribution < 1.29 is 23.5 Å². The van der Waals surface area contributed by atoms with Crippen molar-refractivity contribution in [3.8, 4) is 0 Å². The molecule has 3 aliphatic rings. The molecule has 2 aromatic rings. The fourth-order valence-corrected chi connectivity index (χ4v) is 7.57. The molecule has 45 heavy (non-hydrogen) atoms. The maximum atomic E-state index is 15.3. The minimum atomic E-state index is -0.615. The molecular formula is C36H49ClFN3O4. The zero-order valence-electron chi connectivity index (χ0n) is 27.6. The molecule has 1 amide bonds. The van der Waals surface area contributed by atoms with E-state index in [1.807, 2.05) is 25.7 Å². The Kier molecular flexibility index (Phi) is 10.6. The number of hydrogen-bond acceptors (Lipinski definition) is 6. The van der Waals surface area contributed by atoms with Gasteiger partial charge in [0, 0.05) is 74.9 Å². The van der Waals surface area contributed by atoms with Gasteiger partial charge in [0.25, 0.3) is 0 Å². The van der Waals surface area contributed by atoms with E-state index in [-0.39, 0.29) is 41.5 Å². The zero-order chi connectivity index (χ0) is 32.5. The molecule has 0 saturated carbocycles. The van der Waals surface area contributed by atoms with Gasteiger partial charge in [-0.1, -0.05) is 54.4 Å². The highest BCUT2D eigenvalue weighted by Gasteiger charge is 2.46. The van der Waals surface area contributed by atoms with E-state index < -0.39 is 11.6 Å². The average molecular weight is 642 g/mol. The number of ether oxygens (including phenoxy) is 2. The van der Waals surface area contributed by atoms with Crippen molar-refractivity contribution in [1.29, 1.82) is 0 Å². The van der Waals surface area contributed by atoms with Crippen molar-refractivity contribution in [3.63, 3.8) is 0 Å². The van der Waals surface area contributed by atoms with Crippen LogP contribution in [0.25, 0.3) is 0 Å². The summed E-state index contributed by atoms with van der Waals surface area (Å²) in [5, 5.41) is 0.350. The van der Waals surface area contributed by atoms with Crippen molar-refractivity contribution in [3.05, 3.63) is 70.0 Å². The number of piperazine rings is 1. The second-order valence-corrected chi connectivity index (χ2v) is 14.7. The van der Waals surface area contributed by atoms with Gasteiger partial charge in [-0.3, -0.25) is 19.4 Å². The van der Waals surface area contributed by atoms with Crippen LogP contribution in [0.15, 0.2) is 42.5 Å². The highest BCUT2D eigenvalue weighted by atomic mass is 35.5. The van der Waals surface area contributed by atoms with Gasteiger partial charge in [-0.05, 0) is 70.7 Å². The van der Waals surface area contributed by atoms with Gasteiger partial charge < -0.3 is 14.4 Å². The number of aryl methyl sites for hydroxylation is 1. The summed E-state index contributed by atoms with van der Waals surface area (Å²) in [5.41, 5.74) is 2.18. The summed E-state index contributed by atoms with van der Waals surface area (Å²) in [5.74, 6) is -1.29. The summed E-state index contributed by atoms with van der Waals surface area (Å²) < 4.78 is 26.8. The van der Waals surface area contributed by atoms with Gasteiger partial charge in [0.1, 0.15) is 17.5 Å². The Morgan fingerprint density at radius 3 is 2.33 bits per heavy atom. The molecule has 3 aliphatic heterocycles. The van der Waals surface area contributed by atoms with E-state index in [9.17, 15) is 9.59 Å². The monoisotopic (exact) mass is 641 g/mol. The number of hydrogen-bond donors (Lipinski definition) is 0. The molecule has 1 unspecified atom stereocenters. The lowest BCUT2D eigenvalue weighted by Gasteiger charge is -2.45. The smallest absolute Gasteiger partial charge is 0.324 e. The van der Waals surface area contributed by atoms with Crippen LogP contribution in [0, 0.1) is 18.7 Å². The topological polar surface area (TPSA) is 62.3 Å². The molecule has 2 aromatic carbocycles. The minimum absolute atomic E-state index is 0.0523. The molecule has 0 aliphatic carbocycles. The highest BCUT2D eigenvalue weighted by Crippen LogP contribution is 2.39. The Hall–Kier alpha value is -2.52. The molecule has 0 bridgehead atoms. The van der Waals surface area contributed by atoms with E-state index in [1.54, 1.807) is 12.1 Å². The predicted octanol–water partition coefficient (Wildman–Crippen LogP) is 6.03. The van der Waals surface area contributed by atoms with Crippen LogP contribution in [-0.2, 0) is 19.1 Å². The molecule has 5 atom stereocenters.